The van der Waals surface area contributed by atoms with E-state index >= 15 is 0 Å². The molecule has 0 radical (unpaired) electrons. The van der Waals surface area contributed by atoms with Crippen LogP contribution in [0.25, 0.3) is 0 Å². The molecule has 0 aliphatic heterocycles. The van der Waals surface area contributed by atoms with E-state index in [0.717, 1.165) is 18.9 Å². The molecule has 1 saturated carbocycles. The van der Waals surface area contributed by atoms with Crippen molar-refractivity contribution in [2.24, 2.45) is 0 Å². The van der Waals surface area contributed by atoms with Crippen LogP contribution in [0.5, 0.6) is 0 Å². The lowest BCUT2D eigenvalue weighted by Gasteiger charge is -2.17. The quantitative estimate of drug-likeness (QED) is 0.881. The van der Waals surface area contributed by atoms with Gasteiger partial charge in [-0.2, -0.15) is 0 Å². The third kappa shape index (κ3) is 2.89. The molecule has 2 aromatic rings. The van der Waals surface area contributed by atoms with Crippen LogP contribution in [0.4, 0.5) is 10.1 Å². The van der Waals surface area contributed by atoms with Crippen molar-refractivity contribution in [3.05, 3.63) is 65.5 Å². The minimum Gasteiger partial charge on any atom is -0.478 e. The lowest BCUT2D eigenvalue weighted by atomic mass is 9.96. The minimum absolute atomic E-state index is 0.0398. The third-order valence-corrected chi connectivity index (χ3v) is 4.02. The third-order valence-electron chi connectivity index (χ3n) is 4.02. The van der Waals surface area contributed by atoms with Gasteiger partial charge in [0.15, 0.2) is 0 Å². The van der Waals surface area contributed by atoms with Crippen LogP contribution in [0.2, 0.25) is 0 Å². The van der Waals surface area contributed by atoms with Gasteiger partial charge >= 0.3 is 5.97 Å². The highest BCUT2D eigenvalue weighted by Crippen LogP contribution is 2.48. The molecule has 4 heteroatoms. The van der Waals surface area contributed by atoms with E-state index in [0.29, 0.717) is 12.2 Å². The van der Waals surface area contributed by atoms with Crippen LogP contribution in [-0.2, 0) is 5.41 Å². The van der Waals surface area contributed by atoms with Gasteiger partial charge in [-0.15, -0.1) is 0 Å². The number of carboxylic acids is 1. The summed E-state index contributed by atoms with van der Waals surface area (Å²) >= 11 is 0. The minimum atomic E-state index is -1.12. The number of carboxylic acid groups (broad SMARTS) is 1. The molecule has 0 saturated heterocycles. The number of anilines is 1. The molecule has 0 spiro atoms. The van der Waals surface area contributed by atoms with Gasteiger partial charge in [-0.3, -0.25) is 0 Å². The van der Waals surface area contributed by atoms with Gasteiger partial charge in [0.1, 0.15) is 5.82 Å². The SMILES string of the molecule is O=C(O)c1cc(F)cc(NCC2(c3ccccc3)CC2)c1. The molecule has 21 heavy (non-hydrogen) atoms. The normalized spacial score (nSPS) is 15.5. The number of benzene rings is 2. The summed E-state index contributed by atoms with van der Waals surface area (Å²) in [6.07, 6.45) is 2.18. The number of aromatic carboxylic acids is 1. The monoisotopic (exact) mass is 285 g/mol. The Bertz CT molecular complexity index is 666. The molecule has 1 aliphatic carbocycles. The zero-order chi connectivity index (χ0) is 14.9. The first-order chi connectivity index (χ1) is 10.1. The molecule has 108 valence electrons. The summed E-state index contributed by atoms with van der Waals surface area (Å²) in [7, 11) is 0. The van der Waals surface area contributed by atoms with Gasteiger partial charge < -0.3 is 10.4 Å². The number of carbonyl (C=O) groups is 1. The van der Waals surface area contributed by atoms with Crippen molar-refractivity contribution in [2.75, 3.05) is 11.9 Å². The van der Waals surface area contributed by atoms with E-state index in [9.17, 15) is 9.18 Å². The van der Waals surface area contributed by atoms with Crippen LogP contribution >= 0.6 is 0 Å². The molecular weight excluding hydrogens is 269 g/mol. The van der Waals surface area contributed by atoms with Crippen molar-refractivity contribution in [3.63, 3.8) is 0 Å². The maximum absolute atomic E-state index is 13.4. The van der Waals surface area contributed by atoms with Crippen molar-refractivity contribution in [1.82, 2.24) is 0 Å². The smallest absolute Gasteiger partial charge is 0.335 e. The Kier molecular flexibility index (Phi) is 3.37. The molecule has 0 unspecified atom stereocenters. The number of halogens is 1. The number of hydrogen-bond acceptors (Lipinski definition) is 2. The van der Waals surface area contributed by atoms with E-state index in [4.69, 9.17) is 5.11 Å². The Morgan fingerprint density at radius 1 is 1.19 bits per heavy atom. The second-order valence-electron chi connectivity index (χ2n) is 5.53. The average Bonchev–Trinajstić information content (AvgIpc) is 3.27. The summed E-state index contributed by atoms with van der Waals surface area (Å²) in [6, 6.07) is 14.0. The van der Waals surface area contributed by atoms with E-state index in [1.54, 1.807) is 0 Å². The fraction of sp³-hybridized carbons (Fsp3) is 0.235. The zero-order valence-corrected chi connectivity index (χ0v) is 11.5. The second-order valence-corrected chi connectivity index (χ2v) is 5.53. The van der Waals surface area contributed by atoms with Crippen molar-refractivity contribution in [3.8, 4) is 0 Å². The molecule has 0 aromatic heterocycles. The summed E-state index contributed by atoms with van der Waals surface area (Å²) < 4.78 is 13.4. The molecule has 0 atom stereocenters. The van der Waals surface area contributed by atoms with Crippen molar-refractivity contribution in [2.45, 2.75) is 18.3 Å². The van der Waals surface area contributed by atoms with E-state index < -0.39 is 11.8 Å². The van der Waals surface area contributed by atoms with Crippen LogP contribution in [0.1, 0.15) is 28.8 Å². The summed E-state index contributed by atoms with van der Waals surface area (Å²) in [5.41, 5.74) is 1.83. The highest BCUT2D eigenvalue weighted by molar-refractivity contribution is 5.88. The summed E-state index contributed by atoms with van der Waals surface area (Å²) in [6.45, 7) is 0.680. The van der Waals surface area contributed by atoms with Crippen LogP contribution in [-0.4, -0.2) is 17.6 Å². The Morgan fingerprint density at radius 2 is 1.90 bits per heavy atom. The summed E-state index contributed by atoms with van der Waals surface area (Å²) in [5, 5.41) is 12.1. The number of nitrogens with one attached hydrogen (secondary N) is 1. The molecule has 1 aliphatic rings. The Labute approximate surface area is 122 Å². The fourth-order valence-corrected chi connectivity index (χ4v) is 2.60. The average molecular weight is 285 g/mol. The molecule has 0 amide bonds. The first-order valence-corrected chi connectivity index (χ1v) is 6.92. The zero-order valence-electron chi connectivity index (χ0n) is 11.5. The molecular formula is C17H16FNO2. The fourth-order valence-electron chi connectivity index (χ4n) is 2.60. The topological polar surface area (TPSA) is 49.3 Å². The maximum atomic E-state index is 13.4. The Balaban J connectivity index is 1.75. The summed E-state index contributed by atoms with van der Waals surface area (Å²) in [4.78, 5) is 10.9. The summed E-state index contributed by atoms with van der Waals surface area (Å²) in [5.74, 6) is -1.66. The van der Waals surface area contributed by atoms with Gasteiger partial charge in [0, 0.05) is 17.6 Å². The van der Waals surface area contributed by atoms with Crippen molar-refractivity contribution < 1.29 is 14.3 Å². The van der Waals surface area contributed by atoms with Gasteiger partial charge in [-0.25, -0.2) is 9.18 Å². The second kappa shape index (κ2) is 5.20. The lowest BCUT2D eigenvalue weighted by Crippen LogP contribution is -2.19. The van der Waals surface area contributed by atoms with Gasteiger partial charge in [0.05, 0.1) is 5.56 Å². The molecule has 1 fully saturated rings. The maximum Gasteiger partial charge on any atom is 0.335 e. The van der Waals surface area contributed by atoms with Crippen molar-refractivity contribution in [1.29, 1.82) is 0 Å². The van der Waals surface area contributed by atoms with Crippen LogP contribution in [0, 0.1) is 5.82 Å². The lowest BCUT2D eigenvalue weighted by molar-refractivity contribution is 0.0696. The van der Waals surface area contributed by atoms with Gasteiger partial charge in [-0.05, 0) is 36.6 Å². The van der Waals surface area contributed by atoms with Crippen LogP contribution in [0.15, 0.2) is 48.5 Å². The molecule has 2 aromatic carbocycles. The van der Waals surface area contributed by atoms with Gasteiger partial charge in [-0.1, -0.05) is 30.3 Å². The predicted octanol–water partition coefficient (Wildman–Crippen LogP) is 3.67. The van der Waals surface area contributed by atoms with Crippen LogP contribution in [0.3, 0.4) is 0 Å². The molecule has 2 N–H and O–H groups in total. The Hall–Kier alpha value is -2.36. The van der Waals surface area contributed by atoms with Gasteiger partial charge in [0.2, 0.25) is 0 Å². The van der Waals surface area contributed by atoms with Crippen molar-refractivity contribution >= 4 is 11.7 Å². The first-order valence-electron chi connectivity index (χ1n) is 6.92. The van der Waals surface area contributed by atoms with Crippen LogP contribution < -0.4 is 5.32 Å². The highest BCUT2D eigenvalue weighted by atomic mass is 19.1. The first kappa shape index (κ1) is 13.6. The van der Waals surface area contributed by atoms with E-state index in [1.165, 1.54) is 17.7 Å². The Morgan fingerprint density at radius 3 is 2.52 bits per heavy atom. The highest BCUT2D eigenvalue weighted by Gasteiger charge is 2.43. The number of hydrogen-bond donors (Lipinski definition) is 2. The molecule has 0 bridgehead atoms. The standard InChI is InChI=1S/C17H16FNO2/c18-14-8-12(16(20)21)9-15(10-14)19-11-17(6-7-17)13-4-2-1-3-5-13/h1-5,8-10,19H,6-7,11H2,(H,20,21). The van der Waals surface area contributed by atoms with E-state index in [-0.39, 0.29) is 11.0 Å². The predicted molar refractivity (Wildman–Crippen MR) is 79.2 cm³/mol. The largest absolute Gasteiger partial charge is 0.478 e. The van der Waals surface area contributed by atoms with Gasteiger partial charge in [0.25, 0.3) is 0 Å². The van der Waals surface area contributed by atoms with E-state index in [2.05, 4.69) is 17.4 Å². The number of rotatable bonds is 5. The molecule has 3 nitrogen and oxygen atoms in total. The molecule has 0 heterocycles. The van der Waals surface area contributed by atoms with E-state index in [1.807, 2.05) is 18.2 Å². The molecule has 3 rings (SSSR count).